The molecular formula is C4H10O2. The summed E-state index contributed by atoms with van der Waals surface area (Å²) in [5.74, 6) is 0. The predicted molar refractivity (Wildman–Crippen MR) is 23.6 cm³/mol. The Morgan fingerprint density at radius 3 is 1.67 bits per heavy atom. The lowest BCUT2D eigenvalue weighted by Gasteiger charge is -1.81. The molecule has 1 saturated heterocycles. The van der Waals surface area contributed by atoms with Gasteiger partial charge < -0.3 is 10.2 Å². The molecule has 1 aliphatic heterocycles. The Kier molecular flexibility index (Phi) is 1.19. The van der Waals surface area contributed by atoms with Crippen molar-refractivity contribution in [2.75, 3.05) is 6.61 Å². The van der Waals surface area contributed by atoms with E-state index in [1.807, 2.05) is 0 Å². The third-order valence-corrected chi connectivity index (χ3v) is 0.722. The van der Waals surface area contributed by atoms with E-state index in [0.717, 1.165) is 6.61 Å². The lowest BCUT2D eigenvalue weighted by molar-refractivity contribution is 0.344. The van der Waals surface area contributed by atoms with Gasteiger partial charge in [-0.3, -0.25) is 0 Å². The van der Waals surface area contributed by atoms with Gasteiger partial charge in [0.25, 0.3) is 0 Å². The molecule has 0 saturated carbocycles. The van der Waals surface area contributed by atoms with E-state index >= 15 is 0 Å². The molecule has 1 rings (SSSR count). The van der Waals surface area contributed by atoms with Gasteiger partial charge in [-0.1, -0.05) is 0 Å². The molecule has 0 unspecified atom stereocenters. The highest BCUT2D eigenvalue weighted by molar-refractivity contribution is 4.79. The molecule has 1 fully saturated rings. The van der Waals surface area contributed by atoms with Crippen molar-refractivity contribution < 1.29 is 10.2 Å². The molecule has 0 spiro atoms. The molecule has 0 aliphatic carbocycles. The molecule has 0 atom stereocenters. The first-order valence-corrected chi connectivity index (χ1v) is 1.85. The lowest BCUT2D eigenvalue weighted by Crippen LogP contribution is -1.90. The van der Waals surface area contributed by atoms with E-state index in [9.17, 15) is 0 Å². The van der Waals surface area contributed by atoms with E-state index in [1.54, 1.807) is 0 Å². The van der Waals surface area contributed by atoms with Gasteiger partial charge >= 0.3 is 0 Å². The van der Waals surface area contributed by atoms with Gasteiger partial charge in [-0.05, 0) is 13.8 Å². The molecular weight excluding hydrogens is 80.0 g/mol. The van der Waals surface area contributed by atoms with Crippen LogP contribution in [0.15, 0.2) is 0 Å². The summed E-state index contributed by atoms with van der Waals surface area (Å²) in [6.45, 7) is 5.10. The Balaban J connectivity index is 0.000000250. The first-order chi connectivity index (χ1) is 2.21. The maximum Gasteiger partial charge on any atom is 0.0860 e. The van der Waals surface area contributed by atoms with E-state index in [2.05, 4.69) is 13.8 Å². The predicted octanol–water partition coefficient (Wildman–Crippen LogP) is -0.0295. The largest absolute Gasteiger partial charge is 0.412 e. The average molecular weight is 90.1 g/mol. The van der Waals surface area contributed by atoms with Crippen LogP contribution in [0.5, 0.6) is 0 Å². The topological polar surface area (TPSA) is 44.0 Å². The zero-order valence-electron chi connectivity index (χ0n) is 4.12. The molecule has 1 heterocycles. The first-order valence-electron chi connectivity index (χ1n) is 1.85. The standard InChI is InChI=1S/C4H8O.H2O/c1-4(2)3-5-4;/h3H2,1-2H3;1H2. The molecule has 6 heavy (non-hydrogen) atoms. The van der Waals surface area contributed by atoms with Gasteiger partial charge in [0, 0.05) is 0 Å². The fraction of sp³-hybridized carbons (Fsp3) is 1.00. The first kappa shape index (κ1) is 5.92. The summed E-state index contributed by atoms with van der Waals surface area (Å²) in [6, 6.07) is 0. The van der Waals surface area contributed by atoms with Crippen molar-refractivity contribution in [3.8, 4) is 0 Å². The van der Waals surface area contributed by atoms with Crippen LogP contribution >= 0.6 is 0 Å². The Morgan fingerprint density at radius 2 is 1.67 bits per heavy atom. The maximum absolute atomic E-state index is 4.90. The van der Waals surface area contributed by atoms with Crippen LogP contribution < -0.4 is 0 Å². The Morgan fingerprint density at radius 1 is 1.50 bits per heavy atom. The van der Waals surface area contributed by atoms with E-state index in [-0.39, 0.29) is 11.1 Å². The van der Waals surface area contributed by atoms with E-state index in [1.165, 1.54) is 0 Å². The molecule has 0 aromatic heterocycles. The quantitative estimate of drug-likeness (QED) is 0.385. The average Bonchev–Trinajstić information content (AvgIpc) is 1.76. The monoisotopic (exact) mass is 90.1 g/mol. The zero-order valence-corrected chi connectivity index (χ0v) is 4.12. The Hall–Kier alpha value is -0.0800. The van der Waals surface area contributed by atoms with Crippen LogP contribution in [-0.4, -0.2) is 17.7 Å². The second kappa shape index (κ2) is 1.21. The van der Waals surface area contributed by atoms with Gasteiger partial charge in [0.05, 0.1) is 12.2 Å². The SMILES string of the molecule is CC1(C)CO1.O. The van der Waals surface area contributed by atoms with Gasteiger partial charge in [0.2, 0.25) is 0 Å². The van der Waals surface area contributed by atoms with E-state index < -0.39 is 0 Å². The minimum absolute atomic E-state index is 0. The Labute approximate surface area is 37.4 Å². The molecule has 2 N–H and O–H groups in total. The van der Waals surface area contributed by atoms with Crippen LogP contribution in [0, 0.1) is 0 Å². The van der Waals surface area contributed by atoms with Crippen molar-refractivity contribution in [2.24, 2.45) is 0 Å². The molecule has 1 aliphatic rings. The van der Waals surface area contributed by atoms with Crippen LogP contribution in [0.2, 0.25) is 0 Å². The van der Waals surface area contributed by atoms with E-state index in [4.69, 9.17) is 4.74 Å². The summed E-state index contributed by atoms with van der Waals surface area (Å²) in [6.07, 6.45) is 0. The number of hydrogen-bond donors (Lipinski definition) is 0. The second-order valence-electron chi connectivity index (χ2n) is 2.05. The molecule has 2 heteroatoms. The molecule has 0 radical (unpaired) electrons. The maximum atomic E-state index is 4.90. The molecule has 0 amide bonds. The normalized spacial score (nSPS) is 25.0. The summed E-state index contributed by atoms with van der Waals surface area (Å²) in [5.41, 5.74) is 0.250. The third-order valence-electron chi connectivity index (χ3n) is 0.722. The third kappa shape index (κ3) is 1.38. The highest BCUT2D eigenvalue weighted by Crippen LogP contribution is 2.23. The van der Waals surface area contributed by atoms with Crippen LogP contribution in [0.1, 0.15) is 13.8 Å². The van der Waals surface area contributed by atoms with Crippen molar-refractivity contribution in [1.29, 1.82) is 0 Å². The molecule has 38 valence electrons. The number of hydrogen-bond acceptors (Lipinski definition) is 1. The van der Waals surface area contributed by atoms with E-state index in [0.29, 0.717) is 0 Å². The molecule has 0 aromatic rings. The van der Waals surface area contributed by atoms with Crippen LogP contribution in [-0.2, 0) is 4.74 Å². The number of rotatable bonds is 0. The minimum Gasteiger partial charge on any atom is -0.412 e. The Bertz CT molecular complexity index is 43.5. The number of ether oxygens (including phenoxy) is 1. The van der Waals surface area contributed by atoms with Gasteiger partial charge in [-0.25, -0.2) is 0 Å². The van der Waals surface area contributed by atoms with Crippen LogP contribution in [0.25, 0.3) is 0 Å². The van der Waals surface area contributed by atoms with Crippen molar-refractivity contribution in [1.82, 2.24) is 0 Å². The summed E-state index contributed by atoms with van der Waals surface area (Å²) < 4.78 is 4.90. The molecule has 0 bridgehead atoms. The van der Waals surface area contributed by atoms with Crippen molar-refractivity contribution in [3.63, 3.8) is 0 Å². The molecule has 2 nitrogen and oxygen atoms in total. The van der Waals surface area contributed by atoms with Crippen molar-refractivity contribution in [3.05, 3.63) is 0 Å². The lowest BCUT2D eigenvalue weighted by atomic mass is 10.3. The smallest absolute Gasteiger partial charge is 0.0860 e. The van der Waals surface area contributed by atoms with Crippen molar-refractivity contribution >= 4 is 0 Å². The second-order valence-corrected chi connectivity index (χ2v) is 2.05. The summed E-state index contributed by atoms with van der Waals surface area (Å²) in [4.78, 5) is 0. The summed E-state index contributed by atoms with van der Waals surface area (Å²) >= 11 is 0. The fourth-order valence-electron chi connectivity index (χ4n) is 0.144. The van der Waals surface area contributed by atoms with Gasteiger partial charge in [0.1, 0.15) is 0 Å². The van der Waals surface area contributed by atoms with Crippen LogP contribution in [0.4, 0.5) is 0 Å². The van der Waals surface area contributed by atoms with Gasteiger partial charge in [-0.15, -0.1) is 0 Å². The van der Waals surface area contributed by atoms with Gasteiger partial charge in [0.15, 0.2) is 0 Å². The minimum atomic E-state index is 0. The molecule has 0 aromatic carbocycles. The summed E-state index contributed by atoms with van der Waals surface area (Å²) in [7, 11) is 0. The van der Waals surface area contributed by atoms with Crippen LogP contribution in [0.3, 0.4) is 0 Å². The highest BCUT2D eigenvalue weighted by Gasteiger charge is 2.32. The fourth-order valence-corrected chi connectivity index (χ4v) is 0.144. The number of epoxide rings is 1. The zero-order chi connectivity index (χ0) is 3.91. The van der Waals surface area contributed by atoms with Crippen molar-refractivity contribution in [2.45, 2.75) is 19.4 Å². The van der Waals surface area contributed by atoms with Gasteiger partial charge in [-0.2, -0.15) is 0 Å². The highest BCUT2D eigenvalue weighted by atomic mass is 16.6. The summed E-state index contributed by atoms with van der Waals surface area (Å²) in [5, 5.41) is 0.